The van der Waals surface area contributed by atoms with E-state index in [0.29, 0.717) is 4.60 Å². The number of nitrogens with zero attached hydrogens (tertiary/aromatic N) is 1. The molecule has 19 heavy (non-hydrogen) atoms. The fraction of sp³-hybridized carbons (Fsp3) is 0. The fourth-order valence-corrected chi connectivity index (χ4v) is 2.53. The van der Waals surface area contributed by atoms with E-state index in [9.17, 15) is 18.0 Å². The first-order valence-corrected chi connectivity index (χ1v) is 7.12. The topological polar surface area (TPSA) is 125 Å². The van der Waals surface area contributed by atoms with Crippen molar-refractivity contribution in [3.63, 3.8) is 0 Å². The SMILES string of the molecule is O=c1[nH]cc(S(=O)(=O)Nc2ccc(Br)nc2)c(=O)[nH]1. The van der Waals surface area contributed by atoms with Gasteiger partial charge < -0.3 is 4.98 Å². The van der Waals surface area contributed by atoms with Crippen LogP contribution in [0.5, 0.6) is 0 Å². The van der Waals surface area contributed by atoms with Gasteiger partial charge in [0.25, 0.3) is 15.6 Å². The Bertz CT molecular complexity index is 809. The van der Waals surface area contributed by atoms with Gasteiger partial charge in [-0.05, 0) is 28.1 Å². The maximum atomic E-state index is 11.9. The van der Waals surface area contributed by atoms with Crippen LogP contribution in [0.3, 0.4) is 0 Å². The molecule has 0 aliphatic carbocycles. The molecule has 0 atom stereocenters. The molecule has 0 spiro atoms. The summed E-state index contributed by atoms with van der Waals surface area (Å²) in [6, 6.07) is 3.00. The lowest BCUT2D eigenvalue weighted by molar-refractivity contribution is 0.599. The Hall–Kier alpha value is -1.94. The Morgan fingerprint density at radius 2 is 2.00 bits per heavy atom. The molecule has 0 radical (unpaired) electrons. The van der Waals surface area contributed by atoms with Gasteiger partial charge in [0.05, 0.1) is 11.9 Å². The number of hydrogen-bond donors (Lipinski definition) is 3. The van der Waals surface area contributed by atoms with Crippen LogP contribution < -0.4 is 16.0 Å². The molecule has 2 aromatic rings. The van der Waals surface area contributed by atoms with Crippen LogP contribution in [0.4, 0.5) is 5.69 Å². The zero-order valence-electron chi connectivity index (χ0n) is 9.18. The zero-order valence-corrected chi connectivity index (χ0v) is 11.6. The second-order valence-electron chi connectivity index (χ2n) is 3.41. The third-order valence-electron chi connectivity index (χ3n) is 2.05. The van der Waals surface area contributed by atoms with E-state index in [2.05, 4.69) is 30.6 Å². The van der Waals surface area contributed by atoms with Crippen molar-refractivity contribution in [1.29, 1.82) is 0 Å². The first kappa shape index (κ1) is 13.5. The van der Waals surface area contributed by atoms with E-state index in [1.165, 1.54) is 18.3 Å². The molecule has 3 N–H and O–H groups in total. The molecule has 0 unspecified atom stereocenters. The summed E-state index contributed by atoms with van der Waals surface area (Å²) in [5, 5.41) is 0. The van der Waals surface area contributed by atoms with Crippen molar-refractivity contribution >= 4 is 31.6 Å². The highest BCUT2D eigenvalue weighted by molar-refractivity contribution is 9.10. The lowest BCUT2D eigenvalue weighted by Crippen LogP contribution is -2.29. The van der Waals surface area contributed by atoms with E-state index in [-0.39, 0.29) is 5.69 Å². The number of H-pyrrole nitrogens is 2. The molecule has 0 saturated heterocycles. The lowest BCUT2D eigenvalue weighted by Gasteiger charge is -2.06. The van der Waals surface area contributed by atoms with Crippen molar-refractivity contribution in [2.24, 2.45) is 0 Å². The van der Waals surface area contributed by atoms with Crippen molar-refractivity contribution < 1.29 is 8.42 Å². The second-order valence-corrected chi connectivity index (χ2v) is 5.87. The van der Waals surface area contributed by atoms with Crippen LogP contribution in [0, 0.1) is 0 Å². The van der Waals surface area contributed by atoms with Gasteiger partial charge in [-0.25, -0.2) is 18.2 Å². The Balaban J connectivity index is 2.40. The largest absolute Gasteiger partial charge is 0.325 e. The van der Waals surface area contributed by atoms with Crippen LogP contribution in [0.25, 0.3) is 0 Å². The quantitative estimate of drug-likeness (QED) is 0.675. The van der Waals surface area contributed by atoms with Gasteiger partial charge in [-0.15, -0.1) is 0 Å². The van der Waals surface area contributed by atoms with Crippen LogP contribution in [0.15, 0.2) is 43.6 Å². The molecule has 0 bridgehead atoms. The molecule has 2 heterocycles. The summed E-state index contributed by atoms with van der Waals surface area (Å²) in [4.78, 5) is 29.4. The number of aromatic amines is 2. The molecule has 0 amide bonds. The Kier molecular flexibility index (Phi) is 3.53. The number of nitrogens with one attached hydrogen (secondary N) is 3. The summed E-state index contributed by atoms with van der Waals surface area (Å²) < 4.78 is 26.6. The number of aromatic nitrogens is 3. The minimum absolute atomic E-state index is 0.189. The normalized spacial score (nSPS) is 11.2. The van der Waals surface area contributed by atoms with Crippen LogP contribution in [-0.4, -0.2) is 23.4 Å². The molecule has 0 aliphatic rings. The summed E-state index contributed by atoms with van der Waals surface area (Å²) in [5.41, 5.74) is -1.59. The van der Waals surface area contributed by atoms with Gasteiger partial charge in [-0.2, -0.15) is 0 Å². The van der Waals surface area contributed by atoms with E-state index < -0.39 is 26.2 Å². The van der Waals surface area contributed by atoms with Gasteiger partial charge in [0.15, 0.2) is 4.90 Å². The Morgan fingerprint density at radius 1 is 1.26 bits per heavy atom. The third kappa shape index (κ3) is 3.09. The monoisotopic (exact) mass is 346 g/mol. The summed E-state index contributed by atoms with van der Waals surface area (Å²) in [6.07, 6.45) is 2.11. The molecular weight excluding hydrogens is 340 g/mol. The smallest absolute Gasteiger partial charge is 0.313 e. The number of hydrogen-bond acceptors (Lipinski definition) is 5. The summed E-state index contributed by atoms with van der Waals surface area (Å²) in [7, 11) is -4.09. The average Bonchev–Trinajstić information content (AvgIpc) is 2.31. The molecule has 10 heteroatoms. The van der Waals surface area contributed by atoms with Crippen molar-refractivity contribution in [1.82, 2.24) is 15.0 Å². The first-order valence-electron chi connectivity index (χ1n) is 4.85. The molecule has 8 nitrogen and oxygen atoms in total. The highest BCUT2D eigenvalue weighted by Gasteiger charge is 2.18. The lowest BCUT2D eigenvalue weighted by atomic mass is 10.4. The zero-order chi connectivity index (χ0) is 14.0. The number of anilines is 1. The predicted octanol–water partition coefficient (Wildman–Crippen LogP) is 0.0215. The van der Waals surface area contributed by atoms with Gasteiger partial charge >= 0.3 is 5.69 Å². The van der Waals surface area contributed by atoms with E-state index in [0.717, 1.165) is 6.20 Å². The van der Waals surface area contributed by atoms with Gasteiger partial charge in [-0.1, -0.05) is 0 Å². The molecule has 0 saturated carbocycles. The standard InChI is InChI=1S/C9H7BrN4O4S/c10-7-2-1-5(3-11-7)14-19(17,18)6-4-12-9(16)13-8(6)15/h1-4,14H,(H2,12,13,15,16). The van der Waals surface area contributed by atoms with E-state index >= 15 is 0 Å². The molecule has 2 aromatic heterocycles. The summed E-state index contributed by atoms with van der Waals surface area (Å²) in [6.45, 7) is 0. The van der Waals surface area contributed by atoms with Crippen molar-refractivity contribution in [3.8, 4) is 0 Å². The van der Waals surface area contributed by atoms with E-state index in [1.54, 1.807) is 0 Å². The maximum Gasteiger partial charge on any atom is 0.325 e. The molecule has 0 aliphatic heterocycles. The Morgan fingerprint density at radius 3 is 2.58 bits per heavy atom. The van der Waals surface area contributed by atoms with Crippen LogP contribution >= 0.6 is 15.9 Å². The van der Waals surface area contributed by atoms with Gasteiger partial charge in [0.1, 0.15) is 4.60 Å². The maximum absolute atomic E-state index is 11.9. The van der Waals surface area contributed by atoms with Gasteiger partial charge in [-0.3, -0.25) is 14.5 Å². The molecule has 100 valence electrons. The third-order valence-corrected chi connectivity index (χ3v) is 3.91. The number of pyridine rings is 1. The summed E-state index contributed by atoms with van der Waals surface area (Å²) >= 11 is 3.11. The Labute approximate surface area is 115 Å². The second kappa shape index (κ2) is 4.97. The first-order chi connectivity index (χ1) is 8.88. The molecule has 2 rings (SSSR count). The van der Waals surface area contributed by atoms with E-state index in [1.807, 2.05) is 4.98 Å². The minimum Gasteiger partial charge on any atom is -0.313 e. The fourth-order valence-electron chi connectivity index (χ4n) is 1.24. The summed E-state index contributed by atoms with van der Waals surface area (Å²) in [5.74, 6) is 0. The number of sulfonamides is 1. The predicted molar refractivity (Wildman–Crippen MR) is 70.4 cm³/mol. The van der Waals surface area contributed by atoms with Crippen LogP contribution in [-0.2, 0) is 10.0 Å². The average molecular weight is 347 g/mol. The number of halogens is 1. The molecule has 0 fully saturated rings. The van der Waals surface area contributed by atoms with Crippen LogP contribution in [0.1, 0.15) is 0 Å². The van der Waals surface area contributed by atoms with Crippen molar-refractivity contribution in [2.45, 2.75) is 4.90 Å². The minimum atomic E-state index is -4.09. The van der Waals surface area contributed by atoms with Gasteiger partial charge in [0.2, 0.25) is 0 Å². The highest BCUT2D eigenvalue weighted by atomic mass is 79.9. The van der Waals surface area contributed by atoms with E-state index in [4.69, 9.17) is 0 Å². The van der Waals surface area contributed by atoms with Gasteiger partial charge in [0, 0.05) is 6.20 Å². The van der Waals surface area contributed by atoms with Crippen molar-refractivity contribution in [3.05, 3.63) is 50.0 Å². The number of rotatable bonds is 3. The molecule has 0 aromatic carbocycles. The highest BCUT2D eigenvalue weighted by Crippen LogP contribution is 2.13. The van der Waals surface area contributed by atoms with Crippen molar-refractivity contribution in [2.75, 3.05) is 4.72 Å². The molecular formula is C9H7BrN4O4S. The van der Waals surface area contributed by atoms with Crippen LogP contribution in [0.2, 0.25) is 0 Å².